The van der Waals surface area contributed by atoms with Gasteiger partial charge in [0.2, 0.25) is 0 Å². The van der Waals surface area contributed by atoms with Crippen molar-refractivity contribution in [3.63, 3.8) is 0 Å². The molecule has 1 atom stereocenters. The van der Waals surface area contributed by atoms with Crippen molar-refractivity contribution in [2.24, 2.45) is 0 Å². The van der Waals surface area contributed by atoms with E-state index < -0.39 is 52.7 Å². The summed E-state index contributed by atoms with van der Waals surface area (Å²) in [6.45, 7) is 0. The normalized spacial score (nSPS) is 12.4. The molecule has 1 heterocycles. The van der Waals surface area contributed by atoms with Gasteiger partial charge in [-0.3, -0.25) is 9.78 Å². The van der Waals surface area contributed by atoms with E-state index in [0.29, 0.717) is 16.3 Å². The van der Waals surface area contributed by atoms with Gasteiger partial charge >= 0.3 is 12.1 Å². The van der Waals surface area contributed by atoms with Gasteiger partial charge < -0.3 is 10.4 Å². The molecule has 3 aromatic carbocycles. The number of nitrogens with zero attached hydrogens (tertiary/aromatic N) is 2. The van der Waals surface area contributed by atoms with Crippen LogP contribution in [-0.2, 0) is 17.4 Å². The predicted molar refractivity (Wildman–Crippen MR) is 119 cm³/mol. The molecular formula is C25H16F5N3O3. The molecule has 11 heteroatoms. The standard InChI is InChI=1S/C25H16F5N3O3/c26-17-8-3-9-18(27)20(17)23(34)33-19(24(35)36)12-13-4-1-6-15-14(13)5-2-7-16(15)21-22(25(28,29)30)32-11-10-31-21/h1-11,19H,12H2,(H,33,34)(H,35,36)/t19-/m0/s1. The zero-order chi connectivity index (χ0) is 26.0. The smallest absolute Gasteiger partial charge is 0.435 e. The lowest BCUT2D eigenvalue weighted by Gasteiger charge is -2.18. The molecule has 0 aliphatic rings. The fourth-order valence-corrected chi connectivity index (χ4v) is 3.87. The summed E-state index contributed by atoms with van der Waals surface area (Å²) in [7, 11) is 0. The Morgan fingerprint density at radius 3 is 2.17 bits per heavy atom. The molecule has 0 aliphatic heterocycles. The highest BCUT2D eigenvalue weighted by Gasteiger charge is 2.36. The quantitative estimate of drug-likeness (QED) is 0.362. The Balaban J connectivity index is 1.73. The van der Waals surface area contributed by atoms with Crippen LogP contribution in [0.2, 0.25) is 0 Å². The number of hydrogen-bond donors (Lipinski definition) is 2. The molecule has 1 aromatic heterocycles. The second-order valence-corrected chi connectivity index (χ2v) is 7.73. The molecule has 0 fully saturated rings. The fourth-order valence-electron chi connectivity index (χ4n) is 3.87. The van der Waals surface area contributed by atoms with E-state index in [2.05, 4.69) is 15.3 Å². The number of nitrogens with one attached hydrogen (secondary N) is 1. The lowest BCUT2D eigenvalue weighted by Crippen LogP contribution is -2.43. The zero-order valence-electron chi connectivity index (χ0n) is 18.2. The number of hydrogen-bond acceptors (Lipinski definition) is 4. The molecule has 4 aromatic rings. The van der Waals surface area contributed by atoms with Crippen molar-refractivity contribution < 1.29 is 36.6 Å². The first-order valence-electron chi connectivity index (χ1n) is 10.4. The van der Waals surface area contributed by atoms with E-state index in [-0.39, 0.29) is 12.0 Å². The van der Waals surface area contributed by atoms with Crippen LogP contribution in [0.3, 0.4) is 0 Å². The topological polar surface area (TPSA) is 92.2 Å². The Morgan fingerprint density at radius 1 is 0.889 bits per heavy atom. The molecular weight excluding hydrogens is 485 g/mol. The Labute approximate surface area is 200 Å². The second-order valence-electron chi connectivity index (χ2n) is 7.73. The van der Waals surface area contributed by atoms with E-state index in [0.717, 1.165) is 30.6 Å². The summed E-state index contributed by atoms with van der Waals surface area (Å²) in [5.74, 6) is -5.04. The van der Waals surface area contributed by atoms with Crippen LogP contribution in [-0.4, -0.2) is 33.0 Å². The number of halogens is 5. The van der Waals surface area contributed by atoms with Gasteiger partial charge in [0, 0.05) is 24.4 Å². The van der Waals surface area contributed by atoms with Gasteiger partial charge in [0.25, 0.3) is 5.91 Å². The maximum atomic E-state index is 14.0. The summed E-state index contributed by atoms with van der Waals surface area (Å²) in [5, 5.41) is 12.5. The van der Waals surface area contributed by atoms with E-state index in [1.54, 1.807) is 18.2 Å². The molecule has 0 saturated heterocycles. The summed E-state index contributed by atoms with van der Waals surface area (Å²) in [5.41, 5.74) is -2.00. The Bertz CT molecular complexity index is 1450. The van der Waals surface area contributed by atoms with Crippen LogP contribution in [0.5, 0.6) is 0 Å². The van der Waals surface area contributed by atoms with Gasteiger partial charge in [0.1, 0.15) is 28.9 Å². The predicted octanol–water partition coefficient (Wildman–Crippen LogP) is 5.02. The molecule has 36 heavy (non-hydrogen) atoms. The number of aliphatic carboxylic acids is 1. The summed E-state index contributed by atoms with van der Waals surface area (Å²) in [6, 6.07) is 10.3. The summed E-state index contributed by atoms with van der Waals surface area (Å²) in [4.78, 5) is 31.6. The number of carbonyl (C=O) groups excluding carboxylic acids is 1. The highest BCUT2D eigenvalue weighted by molar-refractivity contribution is 5.99. The minimum atomic E-state index is -4.76. The molecule has 4 rings (SSSR count). The van der Waals surface area contributed by atoms with Crippen LogP contribution in [0.15, 0.2) is 67.0 Å². The van der Waals surface area contributed by atoms with Crippen LogP contribution >= 0.6 is 0 Å². The average Bonchev–Trinajstić information content (AvgIpc) is 2.82. The summed E-state index contributed by atoms with van der Waals surface area (Å²) in [6.07, 6.45) is -3.01. The van der Waals surface area contributed by atoms with Gasteiger partial charge in [-0.25, -0.2) is 18.6 Å². The van der Waals surface area contributed by atoms with Crippen LogP contribution < -0.4 is 5.32 Å². The van der Waals surface area contributed by atoms with E-state index in [9.17, 15) is 36.6 Å². The third-order valence-corrected chi connectivity index (χ3v) is 5.45. The van der Waals surface area contributed by atoms with Crippen LogP contribution in [0.1, 0.15) is 21.6 Å². The maximum absolute atomic E-state index is 14.0. The van der Waals surface area contributed by atoms with Crippen molar-refractivity contribution in [3.05, 3.63) is 95.4 Å². The first kappa shape index (κ1) is 24.7. The van der Waals surface area contributed by atoms with Gasteiger partial charge in [-0.05, 0) is 28.5 Å². The third kappa shape index (κ3) is 4.85. The molecule has 184 valence electrons. The Hall–Kier alpha value is -4.41. The number of fused-ring (bicyclic) bond motifs is 1. The average molecular weight is 501 g/mol. The fraction of sp³-hybridized carbons (Fsp3) is 0.120. The van der Waals surface area contributed by atoms with Crippen molar-refractivity contribution in [2.75, 3.05) is 0 Å². The summed E-state index contributed by atoms with van der Waals surface area (Å²) < 4.78 is 68.5. The largest absolute Gasteiger partial charge is 0.480 e. The Kier molecular flexibility index (Phi) is 6.65. The number of carboxylic acids is 1. The molecule has 0 bridgehead atoms. The van der Waals surface area contributed by atoms with Crippen molar-refractivity contribution in [2.45, 2.75) is 18.6 Å². The monoisotopic (exact) mass is 501 g/mol. The van der Waals surface area contributed by atoms with Gasteiger partial charge in [-0.2, -0.15) is 13.2 Å². The highest BCUT2D eigenvalue weighted by atomic mass is 19.4. The number of carboxylic acid groups (broad SMARTS) is 1. The first-order chi connectivity index (χ1) is 17.1. The first-order valence-corrected chi connectivity index (χ1v) is 10.4. The summed E-state index contributed by atoms with van der Waals surface area (Å²) >= 11 is 0. The molecule has 0 unspecified atom stereocenters. The minimum absolute atomic E-state index is 0.124. The highest BCUT2D eigenvalue weighted by Crippen LogP contribution is 2.37. The number of carbonyl (C=O) groups is 2. The van der Waals surface area contributed by atoms with Crippen molar-refractivity contribution in [1.82, 2.24) is 15.3 Å². The number of benzene rings is 3. The lowest BCUT2D eigenvalue weighted by atomic mass is 9.94. The van der Waals surface area contributed by atoms with Gasteiger partial charge in [-0.15, -0.1) is 0 Å². The van der Waals surface area contributed by atoms with E-state index in [4.69, 9.17) is 0 Å². The molecule has 0 spiro atoms. The van der Waals surface area contributed by atoms with Gasteiger partial charge in [-0.1, -0.05) is 42.5 Å². The van der Waals surface area contributed by atoms with E-state index in [1.807, 2.05) is 0 Å². The lowest BCUT2D eigenvalue weighted by molar-refractivity contribution is -0.141. The maximum Gasteiger partial charge on any atom is 0.435 e. The Morgan fingerprint density at radius 2 is 1.50 bits per heavy atom. The van der Waals surface area contributed by atoms with Crippen LogP contribution in [0.4, 0.5) is 22.0 Å². The van der Waals surface area contributed by atoms with Crippen LogP contribution in [0, 0.1) is 11.6 Å². The zero-order valence-corrected chi connectivity index (χ0v) is 18.2. The molecule has 0 radical (unpaired) electrons. The molecule has 0 aliphatic carbocycles. The van der Waals surface area contributed by atoms with Gasteiger partial charge in [0.05, 0.1) is 0 Å². The molecule has 6 nitrogen and oxygen atoms in total. The molecule has 2 N–H and O–H groups in total. The van der Waals surface area contributed by atoms with Crippen molar-refractivity contribution in [1.29, 1.82) is 0 Å². The van der Waals surface area contributed by atoms with Crippen molar-refractivity contribution in [3.8, 4) is 11.3 Å². The van der Waals surface area contributed by atoms with Gasteiger partial charge in [0.15, 0.2) is 5.69 Å². The van der Waals surface area contributed by atoms with E-state index >= 15 is 0 Å². The second kappa shape index (κ2) is 9.68. The van der Waals surface area contributed by atoms with E-state index in [1.165, 1.54) is 18.2 Å². The number of aromatic nitrogens is 2. The third-order valence-electron chi connectivity index (χ3n) is 5.45. The van der Waals surface area contributed by atoms with Crippen molar-refractivity contribution >= 4 is 22.6 Å². The molecule has 1 amide bonds. The number of alkyl halides is 3. The number of rotatable bonds is 6. The number of amides is 1. The van der Waals surface area contributed by atoms with Crippen LogP contribution in [0.25, 0.3) is 22.0 Å². The molecule has 0 saturated carbocycles. The SMILES string of the molecule is O=C(N[C@@H](Cc1cccc2c(-c3nccnc3C(F)(F)F)cccc12)C(=O)O)c1c(F)cccc1F. The minimum Gasteiger partial charge on any atom is -0.480 e.